The van der Waals surface area contributed by atoms with Crippen molar-refractivity contribution in [3.63, 3.8) is 0 Å². The lowest BCUT2D eigenvalue weighted by atomic mass is 10.0. The molecule has 1 aromatic heterocycles. The van der Waals surface area contributed by atoms with Gasteiger partial charge in [0.1, 0.15) is 6.26 Å². The number of nitrogens with one attached hydrogen (secondary N) is 1. The number of benzene rings is 1. The van der Waals surface area contributed by atoms with E-state index in [4.69, 9.17) is 9.52 Å². The lowest BCUT2D eigenvalue weighted by Gasteiger charge is -2.36. The summed E-state index contributed by atoms with van der Waals surface area (Å²) < 4.78 is 4.94. The Hall–Kier alpha value is -2.34. The number of hydrogen-bond donors (Lipinski definition) is 1. The number of aromatic nitrogens is 1. The first-order valence-electron chi connectivity index (χ1n) is 9.97. The van der Waals surface area contributed by atoms with Crippen LogP contribution in [0.5, 0.6) is 0 Å². The Labute approximate surface area is 161 Å². The molecule has 1 aromatic carbocycles. The number of piperazine rings is 1. The fourth-order valence-corrected chi connectivity index (χ4v) is 3.92. The number of aliphatic imine (C=N–C) groups is 1. The van der Waals surface area contributed by atoms with Crippen LogP contribution in [-0.2, 0) is 6.54 Å². The molecule has 6 heteroatoms. The number of aryl methyl sites for hydroxylation is 1. The zero-order valence-electron chi connectivity index (χ0n) is 16.3. The van der Waals surface area contributed by atoms with Gasteiger partial charge in [0, 0.05) is 57.3 Å². The van der Waals surface area contributed by atoms with Crippen LogP contribution < -0.4 is 5.32 Å². The fourth-order valence-electron chi connectivity index (χ4n) is 3.92. The van der Waals surface area contributed by atoms with Crippen LogP contribution in [0.1, 0.15) is 36.1 Å². The topological polar surface area (TPSA) is 56.9 Å². The van der Waals surface area contributed by atoms with Gasteiger partial charge < -0.3 is 14.7 Å². The number of hydrogen-bond acceptors (Lipinski definition) is 4. The van der Waals surface area contributed by atoms with E-state index in [-0.39, 0.29) is 0 Å². The van der Waals surface area contributed by atoms with Crippen LogP contribution in [-0.4, -0.2) is 59.7 Å². The second-order valence-corrected chi connectivity index (χ2v) is 7.50. The molecule has 2 atom stereocenters. The second kappa shape index (κ2) is 8.13. The molecule has 2 heterocycles. The van der Waals surface area contributed by atoms with Crippen LogP contribution in [0.4, 0.5) is 0 Å². The van der Waals surface area contributed by atoms with Crippen LogP contribution in [0.15, 0.2) is 46.1 Å². The van der Waals surface area contributed by atoms with E-state index >= 15 is 0 Å². The maximum atomic E-state index is 4.94. The van der Waals surface area contributed by atoms with Crippen LogP contribution in [0.25, 0.3) is 0 Å². The molecule has 2 aromatic rings. The molecule has 1 aliphatic heterocycles. The molecule has 1 aliphatic carbocycles. The smallest absolute Gasteiger partial charge is 0.194 e. The van der Waals surface area contributed by atoms with Crippen molar-refractivity contribution in [1.82, 2.24) is 20.3 Å². The zero-order valence-corrected chi connectivity index (χ0v) is 16.3. The first kappa shape index (κ1) is 18.0. The van der Waals surface area contributed by atoms with Gasteiger partial charge in [-0.3, -0.25) is 9.89 Å². The predicted molar refractivity (Wildman–Crippen MR) is 107 cm³/mol. The molecule has 27 heavy (non-hydrogen) atoms. The standard InChI is InChI=1S/C21H29N5O/c1-3-22-21(23-20-14-19(20)18-7-5-4-6-16(18)2)26-11-9-25(10-12-26)15-17-8-13-27-24-17/h4-8,13,19-20H,3,9-12,14-15H2,1-2H3,(H,22,23). The molecule has 2 unspecified atom stereocenters. The third-order valence-electron chi connectivity index (χ3n) is 5.55. The molecule has 0 spiro atoms. The summed E-state index contributed by atoms with van der Waals surface area (Å²) in [4.78, 5) is 9.59. The first-order valence-corrected chi connectivity index (χ1v) is 9.97. The minimum atomic E-state index is 0.504. The van der Waals surface area contributed by atoms with Crippen molar-refractivity contribution in [3.05, 3.63) is 53.4 Å². The van der Waals surface area contributed by atoms with E-state index in [1.807, 2.05) is 6.07 Å². The highest BCUT2D eigenvalue weighted by Gasteiger charge is 2.40. The minimum Gasteiger partial charge on any atom is -0.364 e. The quantitative estimate of drug-likeness (QED) is 0.650. The molecule has 4 rings (SSSR count). The SMILES string of the molecule is CCN=C(NC1CC1c1ccccc1C)N1CCN(Cc2ccon2)CC1. The average molecular weight is 367 g/mol. The summed E-state index contributed by atoms with van der Waals surface area (Å²) in [6.45, 7) is 10.00. The Morgan fingerprint density at radius 3 is 2.74 bits per heavy atom. The van der Waals surface area contributed by atoms with Crippen molar-refractivity contribution in [3.8, 4) is 0 Å². The van der Waals surface area contributed by atoms with Crippen molar-refractivity contribution < 1.29 is 4.52 Å². The van der Waals surface area contributed by atoms with E-state index in [0.29, 0.717) is 12.0 Å². The summed E-state index contributed by atoms with van der Waals surface area (Å²) in [6, 6.07) is 11.2. The Kier molecular flexibility index (Phi) is 5.43. The Morgan fingerprint density at radius 1 is 1.22 bits per heavy atom. The van der Waals surface area contributed by atoms with Crippen molar-refractivity contribution in [2.45, 2.75) is 38.8 Å². The predicted octanol–water partition coefficient (Wildman–Crippen LogP) is 2.62. The lowest BCUT2D eigenvalue weighted by molar-refractivity contribution is 0.169. The van der Waals surface area contributed by atoms with Gasteiger partial charge in [-0.25, -0.2) is 0 Å². The molecular weight excluding hydrogens is 338 g/mol. The van der Waals surface area contributed by atoms with E-state index in [1.54, 1.807) is 6.26 Å². The molecule has 6 nitrogen and oxygen atoms in total. The zero-order chi connectivity index (χ0) is 18.6. The molecule has 0 bridgehead atoms. The Bertz CT molecular complexity index is 765. The number of nitrogens with zero attached hydrogens (tertiary/aromatic N) is 4. The molecule has 0 amide bonds. The van der Waals surface area contributed by atoms with Crippen molar-refractivity contribution in [2.24, 2.45) is 4.99 Å². The van der Waals surface area contributed by atoms with E-state index in [1.165, 1.54) is 17.5 Å². The third-order valence-corrected chi connectivity index (χ3v) is 5.55. The summed E-state index contributed by atoms with van der Waals surface area (Å²) >= 11 is 0. The highest BCUT2D eigenvalue weighted by molar-refractivity contribution is 5.81. The maximum absolute atomic E-state index is 4.94. The van der Waals surface area contributed by atoms with Gasteiger partial charge >= 0.3 is 0 Å². The van der Waals surface area contributed by atoms with Gasteiger partial charge in [0.15, 0.2) is 5.96 Å². The van der Waals surface area contributed by atoms with E-state index in [9.17, 15) is 0 Å². The monoisotopic (exact) mass is 367 g/mol. The van der Waals surface area contributed by atoms with Crippen LogP contribution >= 0.6 is 0 Å². The van der Waals surface area contributed by atoms with Crippen molar-refractivity contribution >= 4 is 5.96 Å². The van der Waals surface area contributed by atoms with Crippen LogP contribution in [0, 0.1) is 6.92 Å². The van der Waals surface area contributed by atoms with Gasteiger partial charge in [-0.2, -0.15) is 0 Å². The molecule has 144 valence electrons. The number of guanidine groups is 1. The summed E-state index contributed by atoms with van der Waals surface area (Å²) in [6.07, 6.45) is 2.84. The van der Waals surface area contributed by atoms with Crippen molar-refractivity contribution in [2.75, 3.05) is 32.7 Å². The van der Waals surface area contributed by atoms with Gasteiger partial charge in [0.2, 0.25) is 0 Å². The van der Waals surface area contributed by atoms with E-state index in [2.05, 4.69) is 58.4 Å². The second-order valence-electron chi connectivity index (χ2n) is 7.50. The summed E-state index contributed by atoms with van der Waals surface area (Å²) in [5.74, 6) is 1.68. The summed E-state index contributed by atoms with van der Waals surface area (Å²) in [5, 5.41) is 7.75. The van der Waals surface area contributed by atoms with Gasteiger partial charge in [-0.15, -0.1) is 0 Å². The van der Waals surface area contributed by atoms with Crippen LogP contribution in [0.3, 0.4) is 0 Å². The van der Waals surface area contributed by atoms with Gasteiger partial charge in [0.05, 0.1) is 5.69 Å². The molecule has 0 radical (unpaired) electrons. The van der Waals surface area contributed by atoms with E-state index in [0.717, 1.165) is 50.9 Å². The average Bonchev–Trinajstić information content (AvgIpc) is 3.24. The molecule has 2 fully saturated rings. The molecule has 1 N–H and O–H groups in total. The van der Waals surface area contributed by atoms with Gasteiger partial charge in [-0.05, 0) is 31.4 Å². The Morgan fingerprint density at radius 2 is 2.04 bits per heavy atom. The maximum Gasteiger partial charge on any atom is 0.194 e. The van der Waals surface area contributed by atoms with Crippen LogP contribution in [0.2, 0.25) is 0 Å². The molecule has 1 saturated heterocycles. The number of rotatable bonds is 5. The van der Waals surface area contributed by atoms with Gasteiger partial charge in [0.25, 0.3) is 0 Å². The highest BCUT2D eigenvalue weighted by Crippen LogP contribution is 2.42. The third kappa shape index (κ3) is 4.33. The first-order chi connectivity index (χ1) is 13.2. The van der Waals surface area contributed by atoms with Crippen molar-refractivity contribution in [1.29, 1.82) is 0 Å². The summed E-state index contributed by atoms with van der Waals surface area (Å²) in [7, 11) is 0. The molecule has 2 aliphatic rings. The lowest BCUT2D eigenvalue weighted by Crippen LogP contribution is -2.52. The van der Waals surface area contributed by atoms with Gasteiger partial charge in [-0.1, -0.05) is 29.4 Å². The fraction of sp³-hybridized carbons (Fsp3) is 0.524. The molecule has 1 saturated carbocycles. The molecular formula is C21H29N5O. The van der Waals surface area contributed by atoms with E-state index < -0.39 is 0 Å². The Balaban J connectivity index is 1.32. The normalized spacial score (nSPS) is 23.5. The minimum absolute atomic E-state index is 0.504. The summed E-state index contributed by atoms with van der Waals surface area (Å²) in [5.41, 5.74) is 3.87. The largest absolute Gasteiger partial charge is 0.364 e. The highest BCUT2D eigenvalue weighted by atomic mass is 16.5.